The van der Waals surface area contributed by atoms with Crippen molar-refractivity contribution in [3.63, 3.8) is 0 Å². The van der Waals surface area contributed by atoms with Crippen molar-refractivity contribution in [3.05, 3.63) is 34.3 Å². The van der Waals surface area contributed by atoms with Gasteiger partial charge in [-0.2, -0.15) is 0 Å². The Morgan fingerprint density at radius 3 is 2.58 bits per heavy atom. The normalized spacial score (nSPS) is 9.92. The monoisotopic (exact) mass is 199 g/mol. The highest BCUT2D eigenvalue weighted by molar-refractivity contribution is 8.13. The third-order valence-electron chi connectivity index (χ3n) is 1.51. The second-order valence-corrected chi connectivity index (χ2v) is 3.80. The third kappa shape index (κ3) is 2.26. The number of aryl methyl sites for hydroxylation is 1. The molecule has 0 aliphatic heterocycles. The standard InChI is InChI=1S/C9H10ClNS/c1-6-3-7(9(11)12-2)5-8(10)4-6/h3-5,11H,1-2H3. The van der Waals surface area contributed by atoms with Gasteiger partial charge in [0.15, 0.2) is 0 Å². The molecule has 0 radical (unpaired) electrons. The number of halogens is 1. The third-order valence-corrected chi connectivity index (χ3v) is 2.37. The van der Waals surface area contributed by atoms with Crippen LogP contribution in [-0.2, 0) is 0 Å². The van der Waals surface area contributed by atoms with Crippen molar-refractivity contribution >= 4 is 28.4 Å². The fraction of sp³-hybridized carbons (Fsp3) is 0.222. The molecule has 0 bridgehead atoms. The van der Waals surface area contributed by atoms with Crippen molar-refractivity contribution in [2.45, 2.75) is 6.92 Å². The molecule has 0 aliphatic carbocycles. The lowest BCUT2D eigenvalue weighted by Crippen LogP contribution is -1.92. The van der Waals surface area contributed by atoms with Gasteiger partial charge in [0.25, 0.3) is 0 Å². The largest absolute Gasteiger partial charge is 0.293 e. The summed E-state index contributed by atoms with van der Waals surface area (Å²) in [5.41, 5.74) is 1.99. The van der Waals surface area contributed by atoms with Crippen LogP contribution in [0.15, 0.2) is 18.2 Å². The molecule has 0 aromatic heterocycles. The summed E-state index contributed by atoms with van der Waals surface area (Å²) in [7, 11) is 0. The van der Waals surface area contributed by atoms with Gasteiger partial charge in [-0.25, -0.2) is 0 Å². The fourth-order valence-corrected chi connectivity index (χ4v) is 1.63. The SMILES string of the molecule is CSC(=N)c1cc(C)cc(Cl)c1. The highest BCUT2D eigenvalue weighted by atomic mass is 35.5. The van der Waals surface area contributed by atoms with E-state index in [-0.39, 0.29) is 0 Å². The first-order valence-corrected chi connectivity index (χ1v) is 5.14. The van der Waals surface area contributed by atoms with E-state index in [2.05, 4.69) is 0 Å². The van der Waals surface area contributed by atoms with E-state index in [0.717, 1.165) is 11.1 Å². The Hall–Kier alpha value is -0.470. The van der Waals surface area contributed by atoms with E-state index in [1.165, 1.54) is 11.8 Å². The van der Waals surface area contributed by atoms with E-state index >= 15 is 0 Å². The van der Waals surface area contributed by atoms with Gasteiger partial charge in [0.1, 0.15) is 0 Å². The minimum atomic E-state index is 0.556. The van der Waals surface area contributed by atoms with Crippen molar-refractivity contribution in [2.24, 2.45) is 0 Å². The molecule has 12 heavy (non-hydrogen) atoms. The Balaban J connectivity index is 3.08. The van der Waals surface area contributed by atoms with Gasteiger partial charge in [0, 0.05) is 10.6 Å². The Morgan fingerprint density at radius 1 is 1.42 bits per heavy atom. The molecule has 0 saturated heterocycles. The molecule has 3 heteroatoms. The Labute approximate surface area is 81.6 Å². The summed E-state index contributed by atoms with van der Waals surface area (Å²) >= 11 is 7.27. The van der Waals surface area contributed by atoms with Crippen LogP contribution in [0.4, 0.5) is 0 Å². The lowest BCUT2D eigenvalue weighted by atomic mass is 10.1. The molecule has 0 unspecified atom stereocenters. The lowest BCUT2D eigenvalue weighted by Gasteiger charge is -2.02. The summed E-state index contributed by atoms with van der Waals surface area (Å²) in [4.78, 5) is 0. The topological polar surface area (TPSA) is 23.9 Å². The molecule has 0 saturated carbocycles. The average molecular weight is 200 g/mol. The van der Waals surface area contributed by atoms with Crippen LogP contribution in [-0.4, -0.2) is 11.3 Å². The lowest BCUT2D eigenvalue weighted by molar-refractivity contribution is 1.44. The van der Waals surface area contributed by atoms with Gasteiger partial charge in [-0.05, 0) is 36.9 Å². The van der Waals surface area contributed by atoms with E-state index < -0.39 is 0 Å². The van der Waals surface area contributed by atoms with Crippen molar-refractivity contribution in [1.29, 1.82) is 5.41 Å². The molecular formula is C9H10ClNS. The summed E-state index contributed by atoms with van der Waals surface area (Å²) < 4.78 is 0. The zero-order valence-corrected chi connectivity index (χ0v) is 8.59. The zero-order valence-electron chi connectivity index (χ0n) is 7.02. The second kappa shape index (κ2) is 3.97. The van der Waals surface area contributed by atoms with Crippen LogP contribution in [0, 0.1) is 12.3 Å². The summed E-state index contributed by atoms with van der Waals surface area (Å²) in [5.74, 6) is 0. The van der Waals surface area contributed by atoms with Crippen LogP contribution in [0.3, 0.4) is 0 Å². The molecule has 0 heterocycles. The van der Waals surface area contributed by atoms with Gasteiger partial charge in [0.05, 0.1) is 5.04 Å². The van der Waals surface area contributed by atoms with E-state index in [1.807, 2.05) is 31.4 Å². The minimum absolute atomic E-state index is 0.556. The molecule has 1 aromatic carbocycles. The number of rotatable bonds is 1. The summed E-state index contributed by atoms with van der Waals surface area (Å²) in [5, 5.41) is 8.83. The summed E-state index contributed by atoms with van der Waals surface area (Å²) in [6.07, 6.45) is 1.89. The molecule has 1 rings (SSSR count). The van der Waals surface area contributed by atoms with E-state index in [1.54, 1.807) is 0 Å². The Morgan fingerprint density at radius 2 is 2.08 bits per heavy atom. The second-order valence-electron chi connectivity index (χ2n) is 2.55. The Kier molecular flexibility index (Phi) is 3.18. The minimum Gasteiger partial charge on any atom is -0.293 e. The molecule has 1 aromatic rings. The van der Waals surface area contributed by atoms with Gasteiger partial charge < -0.3 is 0 Å². The number of benzene rings is 1. The fourth-order valence-electron chi connectivity index (χ4n) is 0.985. The van der Waals surface area contributed by atoms with Gasteiger partial charge in [-0.3, -0.25) is 5.41 Å². The van der Waals surface area contributed by atoms with Crippen molar-refractivity contribution < 1.29 is 0 Å². The van der Waals surface area contributed by atoms with Crippen LogP contribution in [0.5, 0.6) is 0 Å². The van der Waals surface area contributed by atoms with Gasteiger partial charge in [0.2, 0.25) is 0 Å². The van der Waals surface area contributed by atoms with Gasteiger partial charge in [-0.15, -0.1) is 11.8 Å². The molecule has 0 aliphatic rings. The smallest absolute Gasteiger partial charge is 0.0940 e. The van der Waals surface area contributed by atoms with E-state index in [9.17, 15) is 0 Å². The Bertz CT molecular complexity index is 289. The number of nitrogens with one attached hydrogen (secondary N) is 1. The molecule has 64 valence electrons. The van der Waals surface area contributed by atoms with Crippen LogP contribution in [0.1, 0.15) is 11.1 Å². The summed E-state index contributed by atoms with van der Waals surface area (Å²) in [6, 6.07) is 5.66. The maximum absolute atomic E-state index is 7.58. The predicted molar refractivity (Wildman–Crippen MR) is 56.5 cm³/mol. The van der Waals surface area contributed by atoms with Gasteiger partial charge >= 0.3 is 0 Å². The molecule has 0 spiro atoms. The van der Waals surface area contributed by atoms with E-state index in [0.29, 0.717) is 10.1 Å². The van der Waals surface area contributed by atoms with Crippen LogP contribution < -0.4 is 0 Å². The first-order chi connectivity index (χ1) is 5.63. The maximum Gasteiger partial charge on any atom is 0.0940 e. The molecular weight excluding hydrogens is 190 g/mol. The quantitative estimate of drug-likeness (QED) is 0.545. The number of hydrogen-bond donors (Lipinski definition) is 1. The maximum atomic E-state index is 7.58. The van der Waals surface area contributed by atoms with Gasteiger partial charge in [-0.1, -0.05) is 11.6 Å². The van der Waals surface area contributed by atoms with Crippen molar-refractivity contribution in [3.8, 4) is 0 Å². The van der Waals surface area contributed by atoms with Crippen LogP contribution >= 0.6 is 23.4 Å². The molecule has 1 N–H and O–H groups in total. The predicted octanol–water partition coefficient (Wildman–Crippen LogP) is 3.34. The van der Waals surface area contributed by atoms with Crippen molar-refractivity contribution in [1.82, 2.24) is 0 Å². The zero-order chi connectivity index (χ0) is 9.14. The number of hydrogen-bond acceptors (Lipinski definition) is 2. The molecule has 0 amide bonds. The van der Waals surface area contributed by atoms with Crippen LogP contribution in [0.25, 0.3) is 0 Å². The highest BCUT2D eigenvalue weighted by Gasteiger charge is 2.01. The molecule has 1 nitrogen and oxygen atoms in total. The first kappa shape index (κ1) is 9.62. The highest BCUT2D eigenvalue weighted by Crippen LogP contribution is 2.17. The average Bonchev–Trinajstić information content (AvgIpc) is 2.01. The molecule has 0 atom stereocenters. The van der Waals surface area contributed by atoms with Crippen molar-refractivity contribution in [2.75, 3.05) is 6.26 Å². The summed E-state index contributed by atoms with van der Waals surface area (Å²) in [6.45, 7) is 1.98. The van der Waals surface area contributed by atoms with E-state index in [4.69, 9.17) is 17.0 Å². The van der Waals surface area contributed by atoms with Crippen LogP contribution in [0.2, 0.25) is 5.02 Å². The number of thioether (sulfide) groups is 1. The first-order valence-electron chi connectivity index (χ1n) is 3.53. The molecule has 0 fully saturated rings.